The molecular formula is C16H23NO2. The Bertz CT molecular complexity index is 462. The molecule has 0 fully saturated rings. The van der Waals surface area contributed by atoms with Crippen LogP contribution >= 0.6 is 0 Å². The first kappa shape index (κ1) is 15.4. The fourth-order valence-electron chi connectivity index (χ4n) is 2.10. The van der Waals surface area contributed by atoms with Crippen LogP contribution in [0.5, 0.6) is 0 Å². The lowest BCUT2D eigenvalue weighted by Gasteiger charge is -2.13. The molecule has 3 nitrogen and oxygen atoms in total. The van der Waals surface area contributed by atoms with Gasteiger partial charge in [-0.05, 0) is 38.3 Å². The Labute approximate surface area is 115 Å². The highest BCUT2D eigenvalue weighted by molar-refractivity contribution is 6.00. The third kappa shape index (κ3) is 4.19. The van der Waals surface area contributed by atoms with Crippen LogP contribution in [0.25, 0.3) is 0 Å². The van der Waals surface area contributed by atoms with E-state index < -0.39 is 0 Å². The molecule has 0 spiro atoms. The second kappa shape index (κ2) is 7.07. The summed E-state index contributed by atoms with van der Waals surface area (Å²) in [7, 11) is 0. The van der Waals surface area contributed by atoms with E-state index >= 15 is 0 Å². The molecule has 3 heteroatoms. The van der Waals surface area contributed by atoms with E-state index in [4.69, 9.17) is 0 Å². The molecule has 1 rings (SSSR count). The first-order valence-electron chi connectivity index (χ1n) is 6.87. The van der Waals surface area contributed by atoms with Crippen molar-refractivity contribution >= 4 is 11.7 Å². The van der Waals surface area contributed by atoms with Gasteiger partial charge in [-0.15, -0.1) is 0 Å². The van der Waals surface area contributed by atoms with E-state index in [9.17, 15) is 9.59 Å². The van der Waals surface area contributed by atoms with Crippen LogP contribution in [0.4, 0.5) is 0 Å². The SMILES string of the molecule is CCC(CC)C(=O)NCC(=O)c1cc(C)ccc1C. The lowest BCUT2D eigenvalue weighted by atomic mass is 10.0. The van der Waals surface area contributed by atoms with Gasteiger partial charge in [-0.1, -0.05) is 31.5 Å². The summed E-state index contributed by atoms with van der Waals surface area (Å²) in [5.41, 5.74) is 2.71. The maximum Gasteiger partial charge on any atom is 0.223 e. The third-order valence-electron chi connectivity index (χ3n) is 3.47. The lowest BCUT2D eigenvalue weighted by molar-refractivity contribution is -0.125. The van der Waals surface area contributed by atoms with Crippen LogP contribution in [-0.2, 0) is 4.79 Å². The van der Waals surface area contributed by atoms with E-state index in [1.54, 1.807) is 0 Å². The fourth-order valence-corrected chi connectivity index (χ4v) is 2.10. The zero-order valence-electron chi connectivity index (χ0n) is 12.2. The molecule has 0 unspecified atom stereocenters. The highest BCUT2D eigenvalue weighted by atomic mass is 16.2. The highest BCUT2D eigenvalue weighted by Gasteiger charge is 2.16. The van der Waals surface area contributed by atoms with Crippen LogP contribution in [0.3, 0.4) is 0 Å². The minimum Gasteiger partial charge on any atom is -0.348 e. The number of nitrogens with one attached hydrogen (secondary N) is 1. The van der Waals surface area contributed by atoms with Crippen molar-refractivity contribution < 1.29 is 9.59 Å². The molecular weight excluding hydrogens is 238 g/mol. The predicted molar refractivity (Wildman–Crippen MR) is 77.3 cm³/mol. The Morgan fingerprint density at radius 1 is 1.16 bits per heavy atom. The topological polar surface area (TPSA) is 46.2 Å². The zero-order valence-corrected chi connectivity index (χ0v) is 12.2. The number of rotatable bonds is 6. The van der Waals surface area contributed by atoms with Gasteiger partial charge in [-0.2, -0.15) is 0 Å². The Morgan fingerprint density at radius 2 is 1.79 bits per heavy atom. The average molecular weight is 261 g/mol. The van der Waals surface area contributed by atoms with Crippen LogP contribution in [0.1, 0.15) is 48.2 Å². The van der Waals surface area contributed by atoms with E-state index in [1.165, 1.54) is 0 Å². The third-order valence-corrected chi connectivity index (χ3v) is 3.47. The van der Waals surface area contributed by atoms with Crippen molar-refractivity contribution in [3.63, 3.8) is 0 Å². The van der Waals surface area contributed by atoms with Crippen molar-refractivity contribution in [1.82, 2.24) is 5.32 Å². The smallest absolute Gasteiger partial charge is 0.223 e. The number of carbonyl (C=O) groups excluding carboxylic acids is 2. The molecule has 104 valence electrons. The Morgan fingerprint density at radius 3 is 2.37 bits per heavy atom. The van der Waals surface area contributed by atoms with Gasteiger partial charge >= 0.3 is 0 Å². The number of amides is 1. The number of hydrogen-bond donors (Lipinski definition) is 1. The molecule has 0 aliphatic carbocycles. The fraction of sp³-hybridized carbons (Fsp3) is 0.500. The summed E-state index contributed by atoms with van der Waals surface area (Å²) < 4.78 is 0. The molecule has 0 aromatic heterocycles. The number of aryl methyl sites for hydroxylation is 2. The summed E-state index contributed by atoms with van der Waals surface area (Å²) in [6.07, 6.45) is 1.61. The van der Waals surface area contributed by atoms with E-state index in [1.807, 2.05) is 45.9 Å². The molecule has 0 heterocycles. The molecule has 0 aliphatic rings. The van der Waals surface area contributed by atoms with Gasteiger partial charge in [0.25, 0.3) is 0 Å². The van der Waals surface area contributed by atoms with Crippen LogP contribution < -0.4 is 5.32 Å². The van der Waals surface area contributed by atoms with Crippen molar-refractivity contribution in [2.45, 2.75) is 40.5 Å². The monoisotopic (exact) mass is 261 g/mol. The second-order valence-corrected chi connectivity index (χ2v) is 4.97. The molecule has 0 bridgehead atoms. The van der Waals surface area contributed by atoms with Gasteiger partial charge in [0.1, 0.15) is 0 Å². The van der Waals surface area contributed by atoms with Gasteiger partial charge in [0.15, 0.2) is 5.78 Å². The largest absolute Gasteiger partial charge is 0.348 e. The summed E-state index contributed by atoms with van der Waals surface area (Å²) in [5, 5.41) is 2.74. The van der Waals surface area contributed by atoms with Crippen molar-refractivity contribution in [3.05, 3.63) is 34.9 Å². The normalized spacial score (nSPS) is 10.6. The number of Topliss-reactive ketones (excluding diaryl/α,β-unsaturated/α-hetero) is 1. The number of ketones is 1. The first-order chi connectivity index (χ1) is 8.99. The molecule has 1 amide bonds. The average Bonchev–Trinajstić information content (AvgIpc) is 2.40. The quantitative estimate of drug-likeness (QED) is 0.800. The maximum atomic E-state index is 12.1. The van der Waals surface area contributed by atoms with Crippen LogP contribution in [0.15, 0.2) is 18.2 Å². The summed E-state index contributed by atoms with van der Waals surface area (Å²) in [6.45, 7) is 7.93. The van der Waals surface area contributed by atoms with Crippen molar-refractivity contribution in [3.8, 4) is 0 Å². The van der Waals surface area contributed by atoms with Gasteiger partial charge in [0.05, 0.1) is 6.54 Å². The van der Waals surface area contributed by atoms with Crippen LogP contribution in [0.2, 0.25) is 0 Å². The molecule has 1 aromatic rings. The predicted octanol–water partition coefficient (Wildman–Crippen LogP) is 3.04. The maximum absolute atomic E-state index is 12.1. The van der Waals surface area contributed by atoms with Crippen LogP contribution in [0, 0.1) is 19.8 Å². The van der Waals surface area contributed by atoms with Crippen molar-refractivity contribution in [2.75, 3.05) is 6.54 Å². The highest BCUT2D eigenvalue weighted by Crippen LogP contribution is 2.11. The molecule has 0 saturated carbocycles. The molecule has 0 radical (unpaired) electrons. The Balaban J connectivity index is 2.65. The Kier molecular flexibility index (Phi) is 5.74. The summed E-state index contributed by atoms with van der Waals surface area (Å²) in [4.78, 5) is 23.9. The van der Waals surface area contributed by atoms with Gasteiger partial charge in [0.2, 0.25) is 5.91 Å². The lowest BCUT2D eigenvalue weighted by Crippen LogP contribution is -2.34. The van der Waals surface area contributed by atoms with Gasteiger partial charge in [-0.3, -0.25) is 9.59 Å². The first-order valence-corrected chi connectivity index (χ1v) is 6.87. The standard InChI is InChI=1S/C16H23NO2/c1-5-13(6-2)16(19)17-10-15(18)14-9-11(3)7-8-12(14)4/h7-9,13H,5-6,10H2,1-4H3,(H,17,19). The number of hydrogen-bond acceptors (Lipinski definition) is 2. The van der Waals surface area contributed by atoms with Crippen molar-refractivity contribution in [1.29, 1.82) is 0 Å². The van der Waals surface area contributed by atoms with E-state index in [2.05, 4.69) is 5.32 Å². The van der Waals surface area contributed by atoms with E-state index in [0.717, 1.165) is 24.0 Å². The molecule has 1 aromatic carbocycles. The second-order valence-electron chi connectivity index (χ2n) is 4.97. The zero-order chi connectivity index (χ0) is 14.4. The minimum absolute atomic E-state index is 0.00593. The summed E-state index contributed by atoms with van der Waals surface area (Å²) in [5.74, 6) is -0.0458. The van der Waals surface area contributed by atoms with Gasteiger partial charge in [-0.25, -0.2) is 0 Å². The number of benzene rings is 1. The summed E-state index contributed by atoms with van der Waals surface area (Å²) >= 11 is 0. The minimum atomic E-state index is -0.0273. The van der Waals surface area contributed by atoms with Gasteiger partial charge in [0, 0.05) is 11.5 Å². The molecule has 1 N–H and O–H groups in total. The Hall–Kier alpha value is -1.64. The molecule has 0 atom stereocenters. The molecule has 19 heavy (non-hydrogen) atoms. The number of carbonyl (C=O) groups is 2. The van der Waals surface area contributed by atoms with E-state index in [0.29, 0.717) is 5.56 Å². The molecule has 0 aliphatic heterocycles. The van der Waals surface area contributed by atoms with Gasteiger partial charge < -0.3 is 5.32 Å². The van der Waals surface area contributed by atoms with Crippen LogP contribution in [-0.4, -0.2) is 18.2 Å². The molecule has 0 saturated heterocycles. The summed E-state index contributed by atoms with van der Waals surface area (Å²) in [6, 6.07) is 5.79. The van der Waals surface area contributed by atoms with Crippen molar-refractivity contribution in [2.24, 2.45) is 5.92 Å². The van der Waals surface area contributed by atoms with E-state index in [-0.39, 0.29) is 24.2 Å².